The molecule has 0 saturated carbocycles. The second-order valence-electron chi connectivity index (χ2n) is 4.81. The summed E-state index contributed by atoms with van der Waals surface area (Å²) in [5, 5.41) is 0. The summed E-state index contributed by atoms with van der Waals surface area (Å²) in [6.45, 7) is 6.42. The number of carbonyl (C=O) groups excluding carboxylic acids is 1. The highest BCUT2D eigenvalue weighted by Gasteiger charge is 2.16. The molecule has 3 nitrogen and oxygen atoms in total. The molecular weight excluding hydrogens is 234 g/mol. The van der Waals surface area contributed by atoms with E-state index in [1.807, 2.05) is 6.07 Å². The van der Waals surface area contributed by atoms with Crippen molar-refractivity contribution < 1.29 is 9.53 Å². The van der Waals surface area contributed by atoms with Crippen LogP contribution in [0, 0.1) is 0 Å². The highest BCUT2D eigenvalue weighted by Crippen LogP contribution is 2.29. The van der Waals surface area contributed by atoms with Gasteiger partial charge < -0.3 is 10.5 Å². The molecule has 0 spiro atoms. The van der Waals surface area contributed by atoms with Crippen molar-refractivity contribution in [1.29, 1.82) is 0 Å². The van der Waals surface area contributed by atoms with E-state index in [2.05, 4.69) is 20.8 Å². The molecule has 4 heteroatoms. The van der Waals surface area contributed by atoms with Gasteiger partial charge in [0, 0.05) is 16.2 Å². The molecule has 17 heavy (non-hydrogen) atoms. The van der Waals surface area contributed by atoms with E-state index in [0.717, 1.165) is 11.3 Å². The highest BCUT2D eigenvalue weighted by molar-refractivity contribution is 7.99. The van der Waals surface area contributed by atoms with Gasteiger partial charge in [-0.15, -0.1) is 0 Å². The summed E-state index contributed by atoms with van der Waals surface area (Å²) in [5.74, 6) is 0.438. The lowest BCUT2D eigenvalue weighted by Gasteiger charge is -2.18. The van der Waals surface area contributed by atoms with Crippen LogP contribution in [0.1, 0.15) is 36.7 Å². The second kappa shape index (κ2) is 5.45. The number of nitrogen functional groups attached to an aromatic ring is 1. The Morgan fingerprint density at radius 3 is 2.59 bits per heavy atom. The van der Waals surface area contributed by atoms with Gasteiger partial charge in [-0.05, 0) is 23.8 Å². The van der Waals surface area contributed by atoms with Gasteiger partial charge in [-0.1, -0.05) is 20.8 Å². The van der Waals surface area contributed by atoms with E-state index in [0.29, 0.717) is 11.3 Å². The Labute approximate surface area is 107 Å². The van der Waals surface area contributed by atoms with Crippen LogP contribution < -0.4 is 5.73 Å². The molecule has 0 aliphatic carbocycles. The van der Waals surface area contributed by atoms with Gasteiger partial charge >= 0.3 is 5.97 Å². The van der Waals surface area contributed by atoms with Crippen LogP contribution in [-0.4, -0.2) is 17.8 Å². The Bertz CT molecular complexity index is 410. The predicted molar refractivity (Wildman–Crippen MR) is 73.2 cm³/mol. The van der Waals surface area contributed by atoms with Gasteiger partial charge in [0.25, 0.3) is 0 Å². The van der Waals surface area contributed by atoms with Crippen molar-refractivity contribution >= 4 is 23.4 Å². The number of nitrogens with two attached hydrogens (primary N) is 1. The van der Waals surface area contributed by atoms with Crippen molar-refractivity contribution in [3.63, 3.8) is 0 Å². The molecule has 0 heterocycles. The summed E-state index contributed by atoms with van der Waals surface area (Å²) in [7, 11) is 1.39. The smallest absolute Gasteiger partial charge is 0.338 e. The van der Waals surface area contributed by atoms with Crippen molar-refractivity contribution in [2.75, 3.05) is 12.8 Å². The zero-order valence-corrected chi connectivity index (χ0v) is 11.6. The summed E-state index contributed by atoms with van der Waals surface area (Å²) in [4.78, 5) is 11.6. The normalized spacial score (nSPS) is 11.3. The van der Waals surface area contributed by atoms with E-state index >= 15 is 0 Å². The monoisotopic (exact) mass is 253 g/mol. The van der Waals surface area contributed by atoms with Crippen LogP contribution in [0.5, 0.6) is 0 Å². The predicted octanol–water partition coefficient (Wildman–Crippen LogP) is 3.09. The number of hydrogen-bond donors (Lipinski definition) is 1. The zero-order valence-electron chi connectivity index (χ0n) is 10.7. The maximum absolute atomic E-state index is 11.6. The number of hydrogen-bond acceptors (Lipinski definition) is 4. The maximum atomic E-state index is 11.6. The molecule has 0 saturated heterocycles. The van der Waals surface area contributed by atoms with Gasteiger partial charge in [0.15, 0.2) is 0 Å². The summed E-state index contributed by atoms with van der Waals surface area (Å²) < 4.78 is 4.91. The number of esters is 1. The minimum absolute atomic E-state index is 0.151. The molecule has 94 valence electrons. The lowest BCUT2D eigenvalue weighted by Crippen LogP contribution is -2.10. The molecule has 1 aromatic rings. The lowest BCUT2D eigenvalue weighted by atomic mass is 10.1. The molecule has 0 unspecified atom stereocenters. The second-order valence-corrected chi connectivity index (χ2v) is 6.61. The zero-order chi connectivity index (χ0) is 13.1. The van der Waals surface area contributed by atoms with E-state index in [1.165, 1.54) is 7.11 Å². The van der Waals surface area contributed by atoms with Crippen molar-refractivity contribution in [1.82, 2.24) is 0 Å². The number of rotatable bonds is 3. The number of ether oxygens (including phenoxy) is 1. The third-order valence-electron chi connectivity index (χ3n) is 2.20. The Kier molecular flexibility index (Phi) is 4.46. The molecule has 2 N–H and O–H groups in total. The quantitative estimate of drug-likeness (QED) is 0.664. The van der Waals surface area contributed by atoms with Gasteiger partial charge in [-0.2, -0.15) is 11.8 Å². The molecule has 0 aliphatic rings. The van der Waals surface area contributed by atoms with Gasteiger partial charge in [0.1, 0.15) is 0 Å². The van der Waals surface area contributed by atoms with Crippen molar-refractivity contribution in [2.24, 2.45) is 0 Å². The standard InChI is InChI=1S/C13H19NO2S/c1-13(2,3)17-8-9-7-10(14)5-6-11(9)12(15)16-4/h5-7H,8,14H2,1-4H3. The number of thioether (sulfide) groups is 1. The van der Waals surface area contributed by atoms with Crippen LogP contribution >= 0.6 is 11.8 Å². The first-order valence-electron chi connectivity index (χ1n) is 5.44. The molecular formula is C13H19NO2S. The fourth-order valence-corrected chi connectivity index (χ4v) is 2.16. The molecule has 1 aromatic carbocycles. The summed E-state index contributed by atoms with van der Waals surface area (Å²) in [5.41, 5.74) is 7.94. The SMILES string of the molecule is COC(=O)c1ccc(N)cc1CSC(C)(C)C. The van der Waals surface area contributed by atoms with E-state index < -0.39 is 0 Å². The summed E-state index contributed by atoms with van der Waals surface area (Å²) in [6.07, 6.45) is 0. The molecule has 0 aromatic heterocycles. The first kappa shape index (κ1) is 13.9. The fourth-order valence-electron chi connectivity index (χ4n) is 1.34. The van der Waals surface area contributed by atoms with E-state index in [-0.39, 0.29) is 10.7 Å². The summed E-state index contributed by atoms with van der Waals surface area (Å²) in [6, 6.07) is 5.28. The van der Waals surface area contributed by atoms with Crippen LogP contribution in [0.25, 0.3) is 0 Å². The number of methoxy groups -OCH3 is 1. The first-order valence-corrected chi connectivity index (χ1v) is 6.43. The van der Waals surface area contributed by atoms with Crippen LogP contribution in [0.15, 0.2) is 18.2 Å². The van der Waals surface area contributed by atoms with E-state index in [9.17, 15) is 4.79 Å². The number of benzene rings is 1. The Morgan fingerprint density at radius 2 is 2.06 bits per heavy atom. The summed E-state index contributed by atoms with van der Waals surface area (Å²) >= 11 is 1.77. The minimum atomic E-state index is -0.311. The van der Waals surface area contributed by atoms with Crippen molar-refractivity contribution in [2.45, 2.75) is 31.3 Å². The molecule has 0 amide bonds. The van der Waals surface area contributed by atoms with Crippen molar-refractivity contribution in [3.8, 4) is 0 Å². The molecule has 0 atom stereocenters. The third-order valence-corrected chi connectivity index (χ3v) is 3.52. The molecule has 0 bridgehead atoms. The maximum Gasteiger partial charge on any atom is 0.338 e. The first-order chi connectivity index (χ1) is 7.83. The fraction of sp³-hybridized carbons (Fsp3) is 0.462. The van der Waals surface area contributed by atoms with Crippen molar-refractivity contribution in [3.05, 3.63) is 29.3 Å². The van der Waals surface area contributed by atoms with E-state index in [4.69, 9.17) is 10.5 Å². The Balaban J connectivity index is 2.95. The average molecular weight is 253 g/mol. The van der Waals surface area contributed by atoms with Gasteiger partial charge in [-0.25, -0.2) is 4.79 Å². The molecule has 0 aliphatic heterocycles. The molecule has 0 radical (unpaired) electrons. The van der Waals surface area contributed by atoms with Crippen LogP contribution in [0.2, 0.25) is 0 Å². The van der Waals surface area contributed by atoms with Gasteiger partial charge in [0.05, 0.1) is 12.7 Å². The van der Waals surface area contributed by atoms with Crippen LogP contribution in [0.3, 0.4) is 0 Å². The largest absolute Gasteiger partial charge is 0.465 e. The van der Waals surface area contributed by atoms with Crippen LogP contribution in [-0.2, 0) is 10.5 Å². The third kappa shape index (κ3) is 4.30. The molecule has 0 fully saturated rings. The number of carbonyl (C=O) groups is 1. The average Bonchev–Trinajstić information content (AvgIpc) is 2.24. The Hall–Kier alpha value is -1.16. The minimum Gasteiger partial charge on any atom is -0.465 e. The van der Waals surface area contributed by atoms with Gasteiger partial charge in [0.2, 0.25) is 0 Å². The highest BCUT2D eigenvalue weighted by atomic mass is 32.2. The van der Waals surface area contributed by atoms with E-state index in [1.54, 1.807) is 23.9 Å². The Morgan fingerprint density at radius 1 is 1.41 bits per heavy atom. The number of anilines is 1. The van der Waals surface area contributed by atoms with Gasteiger partial charge in [-0.3, -0.25) is 0 Å². The molecule has 1 rings (SSSR count). The van der Waals surface area contributed by atoms with Crippen LogP contribution in [0.4, 0.5) is 5.69 Å². The topological polar surface area (TPSA) is 52.3 Å². The lowest BCUT2D eigenvalue weighted by molar-refractivity contribution is 0.0600.